The summed E-state index contributed by atoms with van der Waals surface area (Å²) >= 11 is 0. The number of nitrogens with zero attached hydrogens (tertiary/aromatic N) is 2. The molecular formula is C11H9FN2O3. The van der Waals surface area contributed by atoms with Crippen molar-refractivity contribution in [3.63, 3.8) is 0 Å². The first kappa shape index (κ1) is 11.1. The molecule has 0 radical (unpaired) electrons. The van der Waals surface area contributed by atoms with Crippen LogP contribution < -0.4 is 0 Å². The fraction of sp³-hybridized carbons (Fsp3) is 0.0909. The smallest absolute Gasteiger partial charge is 0.356 e. The van der Waals surface area contributed by atoms with Crippen LogP contribution in [0.15, 0.2) is 30.3 Å². The number of hydrogen-bond acceptors (Lipinski definition) is 3. The van der Waals surface area contributed by atoms with Gasteiger partial charge >= 0.3 is 5.97 Å². The molecule has 0 bridgehead atoms. The van der Waals surface area contributed by atoms with Gasteiger partial charge in [-0.25, -0.2) is 13.9 Å². The summed E-state index contributed by atoms with van der Waals surface area (Å²) in [6.45, 7) is -0.0220. The SMILES string of the molecule is O=C(O)c1cc(O)n(Cc2ccccc2F)n1. The summed E-state index contributed by atoms with van der Waals surface area (Å²) in [5, 5.41) is 21.8. The van der Waals surface area contributed by atoms with Gasteiger partial charge in [0, 0.05) is 11.6 Å². The van der Waals surface area contributed by atoms with E-state index in [2.05, 4.69) is 5.10 Å². The zero-order chi connectivity index (χ0) is 12.4. The maximum absolute atomic E-state index is 13.3. The zero-order valence-electron chi connectivity index (χ0n) is 8.67. The molecule has 0 aliphatic rings. The average molecular weight is 236 g/mol. The Balaban J connectivity index is 2.30. The van der Waals surface area contributed by atoms with E-state index in [0.717, 1.165) is 10.7 Å². The second-order valence-corrected chi connectivity index (χ2v) is 3.44. The van der Waals surface area contributed by atoms with Crippen LogP contribution in [0.2, 0.25) is 0 Å². The van der Waals surface area contributed by atoms with Crippen molar-refractivity contribution in [3.8, 4) is 5.88 Å². The van der Waals surface area contributed by atoms with Gasteiger partial charge in [0.15, 0.2) is 5.69 Å². The number of halogens is 1. The van der Waals surface area contributed by atoms with Gasteiger partial charge in [-0.15, -0.1) is 0 Å². The normalized spacial score (nSPS) is 10.4. The highest BCUT2D eigenvalue weighted by Crippen LogP contribution is 2.15. The summed E-state index contributed by atoms with van der Waals surface area (Å²) in [6, 6.07) is 7.04. The van der Waals surface area contributed by atoms with Crippen LogP contribution in [0.5, 0.6) is 5.88 Å². The molecule has 0 atom stereocenters. The first-order valence-corrected chi connectivity index (χ1v) is 4.81. The maximum Gasteiger partial charge on any atom is 0.356 e. The van der Waals surface area contributed by atoms with Gasteiger partial charge in [0.05, 0.1) is 6.54 Å². The van der Waals surface area contributed by atoms with Crippen molar-refractivity contribution in [2.24, 2.45) is 0 Å². The summed E-state index contributed by atoms with van der Waals surface area (Å²) in [6.07, 6.45) is 0. The molecule has 0 saturated carbocycles. The molecule has 0 aliphatic heterocycles. The average Bonchev–Trinajstić information content (AvgIpc) is 2.64. The minimum Gasteiger partial charge on any atom is -0.493 e. The monoisotopic (exact) mass is 236 g/mol. The van der Waals surface area contributed by atoms with Gasteiger partial charge in [-0.3, -0.25) is 0 Å². The Morgan fingerprint density at radius 3 is 2.71 bits per heavy atom. The van der Waals surface area contributed by atoms with Crippen LogP contribution >= 0.6 is 0 Å². The Bertz CT molecular complexity index is 566. The van der Waals surface area contributed by atoms with E-state index in [1.54, 1.807) is 12.1 Å². The van der Waals surface area contributed by atoms with E-state index < -0.39 is 11.8 Å². The minimum absolute atomic E-state index is 0.0220. The van der Waals surface area contributed by atoms with E-state index in [1.807, 2.05) is 0 Å². The molecule has 2 aromatic rings. The molecule has 0 unspecified atom stereocenters. The van der Waals surface area contributed by atoms with Gasteiger partial charge in [0.2, 0.25) is 5.88 Å². The molecule has 2 N–H and O–H groups in total. The molecular weight excluding hydrogens is 227 g/mol. The number of benzene rings is 1. The number of aromatic hydroxyl groups is 1. The van der Waals surface area contributed by atoms with E-state index in [9.17, 15) is 14.3 Å². The third kappa shape index (κ3) is 2.25. The molecule has 1 heterocycles. The van der Waals surface area contributed by atoms with Crippen molar-refractivity contribution in [1.29, 1.82) is 0 Å². The number of carboxylic acids is 1. The number of carboxylic acid groups (broad SMARTS) is 1. The van der Waals surface area contributed by atoms with Gasteiger partial charge in [-0.05, 0) is 6.07 Å². The fourth-order valence-corrected chi connectivity index (χ4v) is 1.42. The van der Waals surface area contributed by atoms with Crippen LogP contribution in [0.25, 0.3) is 0 Å². The highest BCUT2D eigenvalue weighted by molar-refractivity contribution is 5.85. The Morgan fingerprint density at radius 2 is 2.12 bits per heavy atom. The largest absolute Gasteiger partial charge is 0.493 e. The van der Waals surface area contributed by atoms with Crippen molar-refractivity contribution < 1.29 is 19.4 Å². The first-order valence-electron chi connectivity index (χ1n) is 4.81. The van der Waals surface area contributed by atoms with Crippen molar-refractivity contribution in [2.75, 3.05) is 0 Å². The number of hydrogen-bond donors (Lipinski definition) is 2. The first-order chi connectivity index (χ1) is 8.08. The molecule has 0 amide bonds. The van der Waals surface area contributed by atoms with Crippen LogP contribution in [-0.2, 0) is 6.54 Å². The van der Waals surface area contributed by atoms with Crippen molar-refractivity contribution in [3.05, 3.63) is 47.4 Å². The fourth-order valence-electron chi connectivity index (χ4n) is 1.42. The van der Waals surface area contributed by atoms with Gasteiger partial charge in [-0.2, -0.15) is 5.10 Å². The Kier molecular flexibility index (Phi) is 2.78. The second-order valence-electron chi connectivity index (χ2n) is 3.44. The summed E-state index contributed by atoms with van der Waals surface area (Å²) in [7, 11) is 0. The predicted molar refractivity (Wildman–Crippen MR) is 56.4 cm³/mol. The van der Waals surface area contributed by atoms with E-state index in [0.29, 0.717) is 5.56 Å². The van der Waals surface area contributed by atoms with Crippen LogP contribution in [0.4, 0.5) is 4.39 Å². The summed E-state index contributed by atoms with van der Waals surface area (Å²) in [4.78, 5) is 10.6. The summed E-state index contributed by atoms with van der Waals surface area (Å²) < 4.78 is 14.4. The number of aromatic nitrogens is 2. The standard InChI is InChI=1S/C11H9FN2O3/c12-8-4-2-1-3-7(8)6-14-10(15)5-9(13-14)11(16)17/h1-5,15H,6H2,(H,16,17). The molecule has 17 heavy (non-hydrogen) atoms. The highest BCUT2D eigenvalue weighted by Gasteiger charge is 2.13. The van der Waals surface area contributed by atoms with Gasteiger partial charge < -0.3 is 10.2 Å². The maximum atomic E-state index is 13.3. The lowest BCUT2D eigenvalue weighted by Crippen LogP contribution is -2.05. The molecule has 0 spiro atoms. The number of aromatic carboxylic acids is 1. The zero-order valence-corrected chi connectivity index (χ0v) is 8.67. The van der Waals surface area contributed by atoms with E-state index in [-0.39, 0.29) is 18.1 Å². The van der Waals surface area contributed by atoms with Crippen LogP contribution in [0.1, 0.15) is 16.1 Å². The van der Waals surface area contributed by atoms with E-state index >= 15 is 0 Å². The lowest BCUT2D eigenvalue weighted by molar-refractivity contribution is 0.0689. The molecule has 0 saturated heterocycles. The number of rotatable bonds is 3. The molecule has 0 fully saturated rings. The quantitative estimate of drug-likeness (QED) is 0.846. The lowest BCUT2D eigenvalue weighted by Gasteiger charge is -2.04. The van der Waals surface area contributed by atoms with Crippen LogP contribution in [0.3, 0.4) is 0 Å². The molecule has 2 rings (SSSR count). The Hall–Kier alpha value is -2.37. The molecule has 1 aromatic heterocycles. The Morgan fingerprint density at radius 1 is 1.41 bits per heavy atom. The Labute approximate surface area is 95.7 Å². The predicted octanol–water partition coefficient (Wildman–Crippen LogP) is 1.47. The van der Waals surface area contributed by atoms with Crippen molar-refractivity contribution >= 4 is 5.97 Å². The van der Waals surface area contributed by atoms with Gasteiger partial charge in [0.25, 0.3) is 0 Å². The molecule has 88 valence electrons. The van der Waals surface area contributed by atoms with Crippen LogP contribution in [-0.4, -0.2) is 26.0 Å². The molecule has 6 heteroatoms. The topological polar surface area (TPSA) is 75.3 Å². The second kappa shape index (κ2) is 4.25. The minimum atomic E-state index is -1.24. The summed E-state index contributed by atoms with van der Waals surface area (Å²) in [5.41, 5.74) is 0.0432. The molecule has 0 aliphatic carbocycles. The van der Waals surface area contributed by atoms with Crippen LogP contribution in [0, 0.1) is 5.82 Å². The third-order valence-electron chi connectivity index (χ3n) is 2.26. The lowest BCUT2D eigenvalue weighted by atomic mass is 10.2. The molecule has 5 nitrogen and oxygen atoms in total. The summed E-state index contributed by atoms with van der Waals surface area (Å²) in [5.74, 6) is -1.99. The van der Waals surface area contributed by atoms with E-state index in [1.165, 1.54) is 12.1 Å². The highest BCUT2D eigenvalue weighted by atomic mass is 19.1. The molecule has 1 aromatic carbocycles. The van der Waals surface area contributed by atoms with Gasteiger partial charge in [-0.1, -0.05) is 18.2 Å². The number of carbonyl (C=O) groups is 1. The van der Waals surface area contributed by atoms with Gasteiger partial charge in [0.1, 0.15) is 5.82 Å². The van der Waals surface area contributed by atoms with E-state index in [4.69, 9.17) is 5.11 Å². The van der Waals surface area contributed by atoms with Crippen molar-refractivity contribution in [2.45, 2.75) is 6.54 Å². The third-order valence-corrected chi connectivity index (χ3v) is 2.26. The van der Waals surface area contributed by atoms with Crippen molar-refractivity contribution in [1.82, 2.24) is 9.78 Å².